The van der Waals surface area contributed by atoms with Gasteiger partial charge in [-0.2, -0.15) is 4.98 Å². The second-order valence-corrected chi connectivity index (χ2v) is 4.37. The van der Waals surface area contributed by atoms with Crippen LogP contribution in [-0.2, 0) is 4.74 Å². The van der Waals surface area contributed by atoms with E-state index in [-0.39, 0.29) is 30.5 Å². The van der Waals surface area contributed by atoms with Gasteiger partial charge < -0.3 is 14.6 Å². The summed E-state index contributed by atoms with van der Waals surface area (Å²) < 4.78 is 13.0. The fraction of sp³-hybridized carbons (Fsp3) is 0.600. The molecule has 3 atom stereocenters. The minimum absolute atomic E-state index is 0.0294. The summed E-state index contributed by atoms with van der Waals surface area (Å²) >= 11 is 0. The third-order valence-electron chi connectivity index (χ3n) is 3.06. The molecule has 6 nitrogen and oxygen atoms in total. The van der Waals surface area contributed by atoms with E-state index in [1.54, 1.807) is 10.8 Å². The van der Waals surface area contributed by atoms with Gasteiger partial charge in [0.05, 0.1) is 12.7 Å². The summed E-state index contributed by atoms with van der Waals surface area (Å²) in [6.45, 7) is 1.87. The molecule has 6 heteroatoms. The highest BCUT2D eigenvalue weighted by Crippen LogP contribution is 2.46. The van der Waals surface area contributed by atoms with Crippen molar-refractivity contribution in [3.8, 4) is 6.01 Å². The number of aliphatic hydroxyl groups is 1. The Morgan fingerprint density at radius 3 is 3.31 bits per heavy atom. The summed E-state index contributed by atoms with van der Waals surface area (Å²) in [7, 11) is 0. The Bertz CT molecular complexity index is 486. The normalized spacial score (nSPS) is 35.6. The van der Waals surface area contributed by atoms with Crippen molar-refractivity contribution < 1.29 is 14.6 Å². The van der Waals surface area contributed by atoms with Crippen LogP contribution in [0.25, 0.3) is 0 Å². The highest BCUT2D eigenvalue weighted by atomic mass is 16.6. The third kappa shape index (κ3) is 1.20. The molecule has 0 aliphatic carbocycles. The topological polar surface area (TPSA) is 73.6 Å². The van der Waals surface area contributed by atoms with E-state index in [0.29, 0.717) is 6.42 Å². The molecule has 1 N–H and O–H groups in total. The molecule has 2 aliphatic heterocycles. The van der Waals surface area contributed by atoms with Crippen LogP contribution < -0.4 is 10.3 Å². The Balaban J connectivity index is 2.03. The van der Waals surface area contributed by atoms with Crippen LogP contribution in [-0.4, -0.2) is 33.0 Å². The van der Waals surface area contributed by atoms with Crippen molar-refractivity contribution >= 4 is 0 Å². The fourth-order valence-corrected chi connectivity index (χ4v) is 2.35. The van der Waals surface area contributed by atoms with Crippen molar-refractivity contribution in [2.24, 2.45) is 0 Å². The zero-order valence-corrected chi connectivity index (χ0v) is 8.79. The van der Waals surface area contributed by atoms with E-state index >= 15 is 0 Å². The van der Waals surface area contributed by atoms with Gasteiger partial charge in [-0.15, -0.1) is 0 Å². The lowest BCUT2D eigenvalue weighted by atomic mass is 10.0. The minimum Gasteiger partial charge on any atom is -0.453 e. The van der Waals surface area contributed by atoms with Gasteiger partial charge in [-0.25, -0.2) is 0 Å². The second-order valence-electron chi connectivity index (χ2n) is 4.37. The van der Waals surface area contributed by atoms with Gasteiger partial charge in [-0.3, -0.25) is 9.36 Å². The maximum Gasteiger partial charge on any atom is 0.302 e. The van der Waals surface area contributed by atoms with E-state index in [0.717, 1.165) is 0 Å². The smallest absolute Gasteiger partial charge is 0.302 e. The van der Waals surface area contributed by atoms with Crippen molar-refractivity contribution in [2.75, 3.05) is 6.61 Å². The standard InChI is InChI=1S/C10H12N2O4/c1-10-4-6(5-13)15-8(10)12-3-2-7(14)11-9(12)16-10/h2-3,6,8,13H,4-5H2,1H3/t6-,8?,10-/m0/s1. The van der Waals surface area contributed by atoms with Gasteiger partial charge in [-0.05, 0) is 6.92 Å². The molecule has 0 spiro atoms. The lowest BCUT2D eigenvalue weighted by Gasteiger charge is -2.19. The van der Waals surface area contributed by atoms with Crippen LogP contribution in [0.15, 0.2) is 17.1 Å². The Morgan fingerprint density at radius 2 is 2.56 bits per heavy atom. The fourth-order valence-electron chi connectivity index (χ4n) is 2.35. The van der Waals surface area contributed by atoms with Crippen LogP contribution in [0.4, 0.5) is 0 Å². The molecule has 1 aromatic rings. The van der Waals surface area contributed by atoms with E-state index < -0.39 is 5.60 Å². The number of rotatable bonds is 1. The summed E-state index contributed by atoms with van der Waals surface area (Å²) in [5, 5.41) is 9.07. The van der Waals surface area contributed by atoms with Gasteiger partial charge in [0.2, 0.25) is 0 Å². The first-order chi connectivity index (χ1) is 7.62. The molecule has 0 saturated carbocycles. The summed E-state index contributed by atoms with van der Waals surface area (Å²) in [6.07, 6.45) is 1.67. The van der Waals surface area contributed by atoms with Crippen molar-refractivity contribution in [3.05, 3.63) is 22.6 Å². The average molecular weight is 224 g/mol. The van der Waals surface area contributed by atoms with Crippen molar-refractivity contribution in [3.63, 3.8) is 0 Å². The third-order valence-corrected chi connectivity index (χ3v) is 3.06. The summed E-state index contributed by atoms with van der Waals surface area (Å²) in [5.74, 6) is 0. The second kappa shape index (κ2) is 3.05. The Labute approximate surface area is 91.4 Å². The Morgan fingerprint density at radius 1 is 1.75 bits per heavy atom. The average Bonchev–Trinajstić information content (AvgIpc) is 2.67. The SMILES string of the molecule is C[C@]12C[C@@H](CO)OC1n1ccc(=O)nc1O2. The number of hydrogen-bond donors (Lipinski definition) is 1. The molecule has 0 aromatic carbocycles. The highest BCUT2D eigenvalue weighted by molar-refractivity contribution is 5.13. The van der Waals surface area contributed by atoms with Crippen LogP contribution in [0.5, 0.6) is 6.01 Å². The van der Waals surface area contributed by atoms with Crippen LogP contribution in [0, 0.1) is 0 Å². The molecule has 2 aliphatic rings. The first-order valence-corrected chi connectivity index (χ1v) is 5.17. The summed E-state index contributed by atoms with van der Waals surface area (Å²) in [6, 6.07) is 1.66. The molecule has 3 heterocycles. The first-order valence-electron chi connectivity index (χ1n) is 5.17. The quantitative estimate of drug-likeness (QED) is 0.707. The molecule has 3 rings (SSSR count). The maximum absolute atomic E-state index is 11.1. The molecule has 86 valence electrons. The van der Waals surface area contributed by atoms with Crippen LogP contribution in [0.3, 0.4) is 0 Å². The molecule has 0 bridgehead atoms. The number of hydrogen-bond acceptors (Lipinski definition) is 5. The number of aliphatic hydroxyl groups excluding tert-OH is 1. The number of nitrogens with zero attached hydrogens (tertiary/aromatic N) is 2. The van der Waals surface area contributed by atoms with Crippen LogP contribution in [0.1, 0.15) is 19.6 Å². The molecule has 0 amide bonds. The molecule has 1 unspecified atom stereocenters. The van der Waals surface area contributed by atoms with Gasteiger partial charge >= 0.3 is 6.01 Å². The molecule has 16 heavy (non-hydrogen) atoms. The van der Waals surface area contributed by atoms with E-state index in [1.807, 2.05) is 6.92 Å². The predicted octanol–water partition coefficient (Wildman–Crippen LogP) is -0.326. The minimum atomic E-state index is -0.540. The molecule has 1 saturated heterocycles. The molecule has 0 radical (unpaired) electrons. The maximum atomic E-state index is 11.1. The lowest BCUT2D eigenvalue weighted by molar-refractivity contribution is -0.0448. The van der Waals surface area contributed by atoms with Crippen molar-refractivity contribution in [1.29, 1.82) is 0 Å². The summed E-state index contributed by atoms with van der Waals surface area (Å²) in [4.78, 5) is 14.9. The monoisotopic (exact) mass is 224 g/mol. The highest BCUT2D eigenvalue weighted by Gasteiger charge is 2.53. The van der Waals surface area contributed by atoms with Gasteiger partial charge in [0, 0.05) is 18.7 Å². The predicted molar refractivity (Wildman–Crippen MR) is 53.1 cm³/mol. The summed E-state index contributed by atoms with van der Waals surface area (Å²) in [5.41, 5.74) is -0.866. The molecular weight excluding hydrogens is 212 g/mol. The van der Waals surface area contributed by atoms with E-state index in [1.165, 1.54) is 6.07 Å². The molecule has 1 fully saturated rings. The van der Waals surface area contributed by atoms with E-state index in [4.69, 9.17) is 14.6 Å². The molecule has 1 aromatic heterocycles. The zero-order chi connectivity index (χ0) is 11.3. The van der Waals surface area contributed by atoms with Gasteiger partial charge in [0.15, 0.2) is 11.8 Å². The number of fused-ring (bicyclic) bond motifs is 3. The lowest BCUT2D eigenvalue weighted by Crippen LogP contribution is -2.31. The Kier molecular flexibility index (Phi) is 1.87. The number of aromatic nitrogens is 2. The van der Waals surface area contributed by atoms with Gasteiger partial charge in [-0.1, -0.05) is 0 Å². The van der Waals surface area contributed by atoms with Gasteiger partial charge in [0.1, 0.15) is 0 Å². The van der Waals surface area contributed by atoms with Crippen LogP contribution in [0.2, 0.25) is 0 Å². The largest absolute Gasteiger partial charge is 0.453 e. The van der Waals surface area contributed by atoms with E-state index in [2.05, 4.69) is 4.98 Å². The Hall–Kier alpha value is -1.40. The van der Waals surface area contributed by atoms with Crippen molar-refractivity contribution in [2.45, 2.75) is 31.3 Å². The van der Waals surface area contributed by atoms with E-state index in [9.17, 15) is 4.79 Å². The van der Waals surface area contributed by atoms with Crippen LogP contribution >= 0.6 is 0 Å². The molecular formula is C10H12N2O4. The first kappa shape index (κ1) is 9.80. The van der Waals surface area contributed by atoms with Crippen molar-refractivity contribution in [1.82, 2.24) is 9.55 Å². The zero-order valence-electron chi connectivity index (χ0n) is 8.79. The van der Waals surface area contributed by atoms with Gasteiger partial charge in [0.25, 0.3) is 5.56 Å². The number of ether oxygens (including phenoxy) is 2.